The van der Waals surface area contributed by atoms with Gasteiger partial charge < -0.3 is 20.4 Å². The summed E-state index contributed by atoms with van der Waals surface area (Å²) in [6.45, 7) is 19.9. The van der Waals surface area contributed by atoms with Crippen LogP contribution in [0.4, 0.5) is 23.8 Å². The predicted molar refractivity (Wildman–Crippen MR) is 136 cm³/mol. The summed E-state index contributed by atoms with van der Waals surface area (Å²) in [6, 6.07) is 0.439. The lowest BCUT2D eigenvalue weighted by Gasteiger charge is -2.20. The lowest BCUT2D eigenvalue weighted by atomic mass is 10.4. The first-order chi connectivity index (χ1) is 15.3. The van der Waals surface area contributed by atoms with Gasteiger partial charge in [-0.25, -0.2) is 0 Å². The van der Waals surface area contributed by atoms with E-state index in [0.717, 1.165) is 26.2 Å². The van der Waals surface area contributed by atoms with Crippen LogP contribution in [0.1, 0.15) is 55.4 Å². The zero-order chi connectivity index (χ0) is 23.7. The molecular formula is C20H36N10S2. The lowest BCUT2D eigenvalue weighted by Crippen LogP contribution is -2.26. The van der Waals surface area contributed by atoms with E-state index in [4.69, 9.17) is 0 Å². The van der Waals surface area contributed by atoms with Gasteiger partial charge in [-0.1, -0.05) is 0 Å². The SMILES string of the molecule is CCN(CC)c1nc(NC(C)C)nc(SSc2nc(NC(C)C)nc(N(CC)CC)n2)n1. The number of anilines is 4. The van der Waals surface area contributed by atoms with Gasteiger partial charge in [-0.3, -0.25) is 0 Å². The fraction of sp³-hybridized carbons (Fsp3) is 0.700. The van der Waals surface area contributed by atoms with Crippen molar-refractivity contribution in [1.29, 1.82) is 0 Å². The van der Waals surface area contributed by atoms with Crippen molar-refractivity contribution in [2.24, 2.45) is 0 Å². The van der Waals surface area contributed by atoms with E-state index in [2.05, 4.69) is 106 Å². The Hall–Kier alpha value is -2.08. The first kappa shape index (κ1) is 26.2. The third-order valence-corrected chi connectivity index (χ3v) is 6.22. The fourth-order valence-corrected chi connectivity index (χ4v) is 4.31. The normalized spacial score (nSPS) is 11.2. The van der Waals surface area contributed by atoms with Crippen molar-refractivity contribution in [3.8, 4) is 0 Å². The van der Waals surface area contributed by atoms with Crippen LogP contribution in [0.15, 0.2) is 10.3 Å². The van der Waals surface area contributed by atoms with Crippen LogP contribution in [0.5, 0.6) is 0 Å². The highest BCUT2D eigenvalue weighted by Crippen LogP contribution is 2.35. The minimum Gasteiger partial charge on any atom is -0.352 e. The molecule has 0 saturated heterocycles. The summed E-state index contributed by atoms with van der Waals surface area (Å²) in [5.41, 5.74) is 0. The van der Waals surface area contributed by atoms with Crippen LogP contribution in [0.25, 0.3) is 0 Å². The molecule has 2 rings (SSSR count). The summed E-state index contributed by atoms with van der Waals surface area (Å²) in [7, 11) is 2.84. The molecule has 0 fully saturated rings. The number of hydrogen-bond acceptors (Lipinski definition) is 12. The molecule has 0 amide bonds. The minimum atomic E-state index is 0.220. The number of nitrogens with zero attached hydrogens (tertiary/aromatic N) is 8. The summed E-state index contributed by atoms with van der Waals surface area (Å²) in [5.74, 6) is 2.47. The molecule has 2 aromatic rings. The second-order valence-electron chi connectivity index (χ2n) is 7.59. The highest BCUT2D eigenvalue weighted by molar-refractivity contribution is 8.76. The maximum atomic E-state index is 4.67. The second kappa shape index (κ2) is 12.8. The number of hydrogen-bond donors (Lipinski definition) is 2. The van der Waals surface area contributed by atoms with Crippen LogP contribution < -0.4 is 20.4 Å². The molecule has 0 aliphatic carbocycles. The quantitative estimate of drug-likeness (QED) is 0.401. The van der Waals surface area contributed by atoms with Gasteiger partial charge >= 0.3 is 0 Å². The summed E-state index contributed by atoms with van der Waals surface area (Å²) >= 11 is 0. The van der Waals surface area contributed by atoms with Crippen LogP contribution in [-0.4, -0.2) is 68.2 Å². The van der Waals surface area contributed by atoms with E-state index < -0.39 is 0 Å². The third kappa shape index (κ3) is 7.80. The van der Waals surface area contributed by atoms with Crippen molar-refractivity contribution in [3.63, 3.8) is 0 Å². The van der Waals surface area contributed by atoms with Gasteiger partial charge in [0.05, 0.1) is 0 Å². The standard InChI is InChI=1S/C20H36N10S2/c1-9-29(10-2)17-23-15(21-13(5)6)25-19(27-17)31-32-20-26-16(22-14(7)8)24-18(28-20)30(11-3)12-4/h13-14H,9-12H2,1-8H3,(H,21,23,25,27)(H,22,24,26,28). The molecule has 32 heavy (non-hydrogen) atoms. The molecule has 0 bridgehead atoms. The number of aromatic nitrogens is 6. The lowest BCUT2D eigenvalue weighted by molar-refractivity contribution is 0.771. The van der Waals surface area contributed by atoms with Crippen LogP contribution in [0.2, 0.25) is 0 Å². The summed E-state index contributed by atoms with van der Waals surface area (Å²) in [4.78, 5) is 31.9. The monoisotopic (exact) mass is 480 g/mol. The Labute approximate surface area is 199 Å². The summed E-state index contributed by atoms with van der Waals surface area (Å²) in [5, 5.41) is 7.79. The van der Waals surface area contributed by atoms with E-state index in [1.54, 1.807) is 0 Å². The van der Waals surface area contributed by atoms with Crippen molar-refractivity contribution in [2.75, 3.05) is 46.6 Å². The Kier molecular flexibility index (Phi) is 10.5. The molecule has 0 atom stereocenters. The van der Waals surface area contributed by atoms with Gasteiger partial charge in [0.15, 0.2) is 0 Å². The smallest absolute Gasteiger partial charge is 0.231 e. The van der Waals surface area contributed by atoms with E-state index in [0.29, 0.717) is 34.1 Å². The largest absolute Gasteiger partial charge is 0.352 e. The maximum Gasteiger partial charge on any atom is 0.231 e. The molecule has 0 radical (unpaired) electrons. The number of rotatable bonds is 13. The van der Waals surface area contributed by atoms with E-state index >= 15 is 0 Å². The van der Waals surface area contributed by atoms with Gasteiger partial charge in [0, 0.05) is 38.3 Å². The van der Waals surface area contributed by atoms with Crippen LogP contribution in [-0.2, 0) is 0 Å². The molecule has 0 spiro atoms. The molecule has 2 aromatic heterocycles. The molecule has 2 N–H and O–H groups in total. The van der Waals surface area contributed by atoms with Gasteiger partial charge in [0.2, 0.25) is 34.1 Å². The molecule has 2 heterocycles. The van der Waals surface area contributed by atoms with Gasteiger partial charge in [0.1, 0.15) is 0 Å². The predicted octanol–water partition coefficient (Wildman–Crippen LogP) is 4.19. The van der Waals surface area contributed by atoms with Crippen LogP contribution in [0.3, 0.4) is 0 Å². The Morgan fingerprint density at radius 1 is 0.594 bits per heavy atom. The van der Waals surface area contributed by atoms with E-state index in [9.17, 15) is 0 Å². The van der Waals surface area contributed by atoms with Gasteiger partial charge in [0.25, 0.3) is 0 Å². The molecule has 0 aliphatic rings. The molecular weight excluding hydrogens is 444 g/mol. The average Bonchev–Trinajstić information content (AvgIpc) is 2.73. The Bertz CT molecular complexity index is 772. The molecule has 0 saturated carbocycles. The number of nitrogens with one attached hydrogen (secondary N) is 2. The fourth-order valence-electron chi connectivity index (χ4n) is 2.78. The molecule has 0 aromatic carbocycles. The first-order valence-electron chi connectivity index (χ1n) is 11.2. The zero-order valence-electron chi connectivity index (χ0n) is 20.4. The maximum absolute atomic E-state index is 4.67. The van der Waals surface area contributed by atoms with Gasteiger partial charge in [-0.2, -0.15) is 29.9 Å². The summed E-state index contributed by atoms with van der Waals surface area (Å²) < 4.78 is 0. The van der Waals surface area contributed by atoms with E-state index in [1.165, 1.54) is 21.6 Å². The summed E-state index contributed by atoms with van der Waals surface area (Å²) in [6.07, 6.45) is 0. The molecule has 0 aliphatic heterocycles. The van der Waals surface area contributed by atoms with Crippen molar-refractivity contribution in [3.05, 3.63) is 0 Å². The van der Waals surface area contributed by atoms with Gasteiger partial charge in [-0.05, 0) is 77.0 Å². The van der Waals surface area contributed by atoms with E-state index in [-0.39, 0.29) is 12.1 Å². The second-order valence-corrected chi connectivity index (χ2v) is 9.66. The minimum absolute atomic E-state index is 0.220. The third-order valence-electron chi connectivity index (χ3n) is 4.33. The Balaban J connectivity index is 2.32. The van der Waals surface area contributed by atoms with Crippen molar-refractivity contribution >= 4 is 45.4 Å². The molecule has 12 heteroatoms. The van der Waals surface area contributed by atoms with Crippen LogP contribution in [0, 0.1) is 0 Å². The first-order valence-corrected chi connectivity index (χ1v) is 13.3. The average molecular weight is 481 g/mol. The topological polar surface area (TPSA) is 108 Å². The molecule has 0 unspecified atom stereocenters. The molecule has 178 valence electrons. The van der Waals surface area contributed by atoms with Gasteiger partial charge in [-0.15, -0.1) is 0 Å². The van der Waals surface area contributed by atoms with Crippen LogP contribution >= 0.6 is 21.6 Å². The Morgan fingerprint density at radius 2 is 0.938 bits per heavy atom. The Morgan fingerprint density at radius 3 is 1.22 bits per heavy atom. The highest BCUT2D eigenvalue weighted by Gasteiger charge is 2.16. The van der Waals surface area contributed by atoms with Crippen molar-refractivity contribution in [2.45, 2.75) is 77.8 Å². The van der Waals surface area contributed by atoms with Crippen molar-refractivity contribution < 1.29 is 0 Å². The van der Waals surface area contributed by atoms with E-state index in [1.807, 2.05) is 0 Å². The molecule has 10 nitrogen and oxygen atoms in total. The highest BCUT2D eigenvalue weighted by atomic mass is 33.1. The zero-order valence-corrected chi connectivity index (χ0v) is 22.0. The van der Waals surface area contributed by atoms with Crippen molar-refractivity contribution in [1.82, 2.24) is 29.9 Å².